The summed E-state index contributed by atoms with van der Waals surface area (Å²) < 4.78 is 1.88. The molecule has 96 valence electrons. The van der Waals surface area contributed by atoms with Crippen molar-refractivity contribution in [2.45, 2.75) is 31.1 Å². The quantitative estimate of drug-likeness (QED) is 0.610. The number of dihydropyridines is 1. The van der Waals surface area contributed by atoms with E-state index in [0.717, 1.165) is 0 Å². The van der Waals surface area contributed by atoms with Gasteiger partial charge in [0, 0.05) is 36.5 Å². The van der Waals surface area contributed by atoms with Gasteiger partial charge in [0.15, 0.2) is 6.17 Å². The molecule has 2 unspecified atom stereocenters. The topological polar surface area (TPSA) is 99.3 Å². The van der Waals surface area contributed by atoms with Crippen LogP contribution in [0.1, 0.15) is 12.8 Å². The summed E-state index contributed by atoms with van der Waals surface area (Å²) in [6, 6.07) is 0. The molecule has 0 bridgehead atoms. The second kappa shape index (κ2) is 5.09. The lowest BCUT2D eigenvalue weighted by Crippen LogP contribution is -2.52. The third-order valence-corrected chi connectivity index (χ3v) is 3.12. The third kappa shape index (κ3) is 2.30. The summed E-state index contributed by atoms with van der Waals surface area (Å²) in [6.07, 6.45) is 10.0. The van der Waals surface area contributed by atoms with Crippen molar-refractivity contribution in [1.29, 1.82) is 0 Å². The molecular weight excluding hydrogens is 234 g/mol. The van der Waals surface area contributed by atoms with Gasteiger partial charge in [-0.1, -0.05) is 0 Å². The fourth-order valence-electron chi connectivity index (χ4n) is 2.03. The molecule has 0 saturated heterocycles. The minimum Gasteiger partial charge on any atom is -0.337 e. The van der Waals surface area contributed by atoms with Crippen LogP contribution in [0.4, 0.5) is 0 Å². The van der Waals surface area contributed by atoms with Crippen molar-refractivity contribution in [3.05, 3.63) is 41.0 Å². The van der Waals surface area contributed by atoms with E-state index >= 15 is 0 Å². The van der Waals surface area contributed by atoms with Gasteiger partial charge in [-0.15, -0.1) is 0 Å². The van der Waals surface area contributed by atoms with Crippen molar-refractivity contribution < 1.29 is 4.92 Å². The third-order valence-electron chi connectivity index (χ3n) is 3.12. The number of hydrogen-bond donors (Lipinski definition) is 1. The maximum atomic E-state index is 11.3. The van der Waals surface area contributed by atoms with Crippen LogP contribution < -0.4 is 5.73 Å². The largest absolute Gasteiger partial charge is 0.337 e. The van der Waals surface area contributed by atoms with Gasteiger partial charge >= 0.3 is 0 Å². The molecule has 1 aliphatic heterocycles. The van der Waals surface area contributed by atoms with E-state index in [4.69, 9.17) is 5.73 Å². The summed E-state index contributed by atoms with van der Waals surface area (Å²) in [6.45, 7) is 0.680. The molecule has 0 spiro atoms. The van der Waals surface area contributed by atoms with Crippen LogP contribution in [0.5, 0.6) is 0 Å². The van der Waals surface area contributed by atoms with Crippen LogP contribution in [0.15, 0.2) is 35.9 Å². The first kappa shape index (κ1) is 12.4. The fraction of sp³-hybridized carbons (Fsp3) is 0.455. The second-order valence-corrected chi connectivity index (χ2v) is 4.25. The monoisotopic (exact) mass is 249 g/mol. The first-order valence-electron chi connectivity index (χ1n) is 5.72. The van der Waals surface area contributed by atoms with Gasteiger partial charge in [-0.2, -0.15) is 0 Å². The molecule has 7 heteroatoms. The molecule has 0 aromatic carbocycles. The van der Waals surface area contributed by atoms with E-state index < -0.39 is 11.7 Å². The highest BCUT2D eigenvalue weighted by Crippen LogP contribution is 2.25. The van der Waals surface area contributed by atoms with Crippen molar-refractivity contribution in [3.63, 3.8) is 0 Å². The SMILES string of the molecule is NC1N=CC=CC1(CCCn1ccnc1)[N+](=O)[O-]. The number of aromatic nitrogens is 2. The Kier molecular flexibility index (Phi) is 3.52. The summed E-state index contributed by atoms with van der Waals surface area (Å²) in [7, 11) is 0. The molecule has 18 heavy (non-hydrogen) atoms. The number of aryl methyl sites for hydroxylation is 1. The standard InChI is InChI=1S/C11H15N5O2/c12-10-11(16(17)18,3-1-5-14-10)4-2-7-15-8-6-13-9-15/h1,3,5-6,8-10H,2,4,7,12H2. The van der Waals surface area contributed by atoms with Crippen molar-refractivity contribution in [2.24, 2.45) is 10.7 Å². The van der Waals surface area contributed by atoms with Crippen molar-refractivity contribution in [3.8, 4) is 0 Å². The predicted molar refractivity (Wildman–Crippen MR) is 66.8 cm³/mol. The number of nitrogens with two attached hydrogens (primary N) is 1. The maximum absolute atomic E-state index is 11.3. The maximum Gasteiger partial charge on any atom is 0.275 e. The van der Waals surface area contributed by atoms with Crippen molar-refractivity contribution in [1.82, 2.24) is 9.55 Å². The van der Waals surface area contributed by atoms with E-state index in [0.29, 0.717) is 19.4 Å². The van der Waals surface area contributed by atoms with Crippen LogP contribution in [0.2, 0.25) is 0 Å². The molecule has 2 N–H and O–H groups in total. The average Bonchev–Trinajstić information content (AvgIpc) is 2.84. The van der Waals surface area contributed by atoms with Gasteiger partial charge in [-0.05, 0) is 18.6 Å². The van der Waals surface area contributed by atoms with Gasteiger partial charge in [0.25, 0.3) is 5.54 Å². The lowest BCUT2D eigenvalue weighted by molar-refractivity contribution is -0.560. The predicted octanol–water partition coefficient (Wildman–Crippen LogP) is 0.604. The van der Waals surface area contributed by atoms with E-state index in [9.17, 15) is 10.1 Å². The van der Waals surface area contributed by atoms with Gasteiger partial charge in [-0.3, -0.25) is 15.1 Å². The van der Waals surface area contributed by atoms with E-state index in [-0.39, 0.29) is 4.92 Å². The molecule has 0 fully saturated rings. The van der Waals surface area contributed by atoms with E-state index in [1.807, 2.05) is 10.8 Å². The van der Waals surface area contributed by atoms with E-state index in [1.165, 1.54) is 6.21 Å². The number of imidazole rings is 1. The number of nitrogens with zero attached hydrogens (tertiary/aromatic N) is 4. The minimum absolute atomic E-state index is 0.335. The summed E-state index contributed by atoms with van der Waals surface area (Å²) >= 11 is 0. The zero-order valence-electron chi connectivity index (χ0n) is 9.85. The number of allylic oxidation sites excluding steroid dienone is 1. The molecule has 2 atom stereocenters. The molecule has 1 aromatic heterocycles. The fourth-order valence-corrected chi connectivity index (χ4v) is 2.03. The van der Waals surface area contributed by atoms with Crippen LogP contribution in [0, 0.1) is 10.1 Å². The van der Waals surface area contributed by atoms with E-state index in [1.54, 1.807) is 24.7 Å². The first-order valence-corrected chi connectivity index (χ1v) is 5.72. The Balaban J connectivity index is 2.01. The van der Waals surface area contributed by atoms with Gasteiger partial charge < -0.3 is 10.3 Å². The molecule has 2 heterocycles. The lowest BCUT2D eigenvalue weighted by Gasteiger charge is -2.27. The van der Waals surface area contributed by atoms with Gasteiger partial charge in [-0.25, -0.2) is 4.98 Å². The first-order chi connectivity index (χ1) is 8.65. The smallest absolute Gasteiger partial charge is 0.275 e. The van der Waals surface area contributed by atoms with E-state index in [2.05, 4.69) is 9.98 Å². The highest BCUT2D eigenvalue weighted by Gasteiger charge is 2.47. The number of aliphatic imine (C=N–C) groups is 1. The molecule has 0 aliphatic carbocycles. The number of nitro groups is 1. The molecule has 0 saturated carbocycles. The Bertz CT molecular complexity index is 468. The Morgan fingerprint density at radius 3 is 3.00 bits per heavy atom. The van der Waals surface area contributed by atoms with Crippen LogP contribution in [0.3, 0.4) is 0 Å². The van der Waals surface area contributed by atoms with Crippen LogP contribution in [-0.2, 0) is 6.54 Å². The summed E-state index contributed by atoms with van der Waals surface area (Å²) in [4.78, 5) is 18.8. The molecule has 0 radical (unpaired) electrons. The van der Waals surface area contributed by atoms with Crippen molar-refractivity contribution >= 4 is 6.21 Å². The van der Waals surface area contributed by atoms with Gasteiger partial charge in [0.05, 0.1) is 6.33 Å². The Morgan fingerprint density at radius 2 is 2.39 bits per heavy atom. The molecule has 1 aromatic rings. The number of rotatable bonds is 5. The highest BCUT2D eigenvalue weighted by molar-refractivity contribution is 5.73. The van der Waals surface area contributed by atoms with Crippen LogP contribution in [-0.4, -0.2) is 32.4 Å². The summed E-state index contributed by atoms with van der Waals surface area (Å²) in [5, 5.41) is 11.3. The van der Waals surface area contributed by atoms with Crippen LogP contribution >= 0.6 is 0 Å². The summed E-state index contributed by atoms with van der Waals surface area (Å²) in [5.41, 5.74) is 4.48. The van der Waals surface area contributed by atoms with Crippen molar-refractivity contribution in [2.75, 3.05) is 0 Å². The molecule has 2 rings (SSSR count). The molecular formula is C11H15N5O2. The van der Waals surface area contributed by atoms with Gasteiger partial charge in [0.1, 0.15) is 0 Å². The second-order valence-electron chi connectivity index (χ2n) is 4.25. The lowest BCUT2D eigenvalue weighted by atomic mass is 9.89. The summed E-state index contributed by atoms with van der Waals surface area (Å²) in [5.74, 6) is 0. The Hall–Kier alpha value is -2.02. The molecule has 7 nitrogen and oxygen atoms in total. The molecule has 0 amide bonds. The van der Waals surface area contributed by atoms with Crippen LogP contribution in [0.25, 0.3) is 0 Å². The molecule has 1 aliphatic rings. The highest BCUT2D eigenvalue weighted by atomic mass is 16.6. The number of hydrogen-bond acceptors (Lipinski definition) is 5. The van der Waals surface area contributed by atoms with Gasteiger partial charge in [0.2, 0.25) is 0 Å². The average molecular weight is 249 g/mol. The zero-order valence-corrected chi connectivity index (χ0v) is 9.85. The zero-order chi connectivity index (χ0) is 13.0. The Labute approximate surface area is 104 Å². The Morgan fingerprint density at radius 1 is 1.56 bits per heavy atom. The normalized spacial score (nSPS) is 26.4. The minimum atomic E-state index is -1.28.